The van der Waals surface area contributed by atoms with Crippen molar-refractivity contribution in [1.82, 2.24) is 0 Å². The van der Waals surface area contributed by atoms with E-state index in [1.165, 1.54) is 0 Å². The van der Waals surface area contributed by atoms with Crippen LogP contribution in [0, 0.1) is 11.3 Å². The van der Waals surface area contributed by atoms with Crippen LogP contribution in [-0.4, -0.2) is 17.8 Å². The predicted molar refractivity (Wildman–Crippen MR) is 62.6 cm³/mol. The standard InChI is InChI=1S/C12H14ClNO2/c1-9(8-15)16-12-10(5-3-7-14)4-2-6-11(12)13/h2,4,6,9,15H,3,5,8H2,1H3/t9-/m1/s1. The molecule has 3 nitrogen and oxygen atoms in total. The maximum atomic E-state index is 8.93. The number of hydrogen-bond donors (Lipinski definition) is 1. The van der Waals surface area contributed by atoms with Gasteiger partial charge in [-0.3, -0.25) is 0 Å². The molecule has 0 amide bonds. The van der Waals surface area contributed by atoms with Crippen LogP contribution >= 0.6 is 11.6 Å². The number of aliphatic hydroxyl groups excluding tert-OH is 1. The Bertz CT molecular complexity index is 387. The van der Waals surface area contributed by atoms with Crippen LogP contribution in [0.1, 0.15) is 18.9 Å². The van der Waals surface area contributed by atoms with E-state index in [4.69, 9.17) is 26.7 Å². The molecule has 16 heavy (non-hydrogen) atoms. The number of nitrogens with zero attached hydrogens (tertiary/aromatic N) is 1. The lowest BCUT2D eigenvalue weighted by Gasteiger charge is -2.16. The maximum absolute atomic E-state index is 8.93. The molecule has 1 N–H and O–H groups in total. The van der Waals surface area contributed by atoms with Gasteiger partial charge in [-0.15, -0.1) is 0 Å². The molecule has 0 aliphatic carbocycles. The normalized spacial score (nSPS) is 11.9. The van der Waals surface area contributed by atoms with Crippen LogP contribution in [0.4, 0.5) is 0 Å². The number of hydrogen-bond acceptors (Lipinski definition) is 3. The van der Waals surface area contributed by atoms with Crippen LogP contribution in [0.5, 0.6) is 5.75 Å². The lowest BCUT2D eigenvalue weighted by atomic mass is 10.1. The second-order valence-corrected chi connectivity index (χ2v) is 3.90. The molecule has 0 aromatic heterocycles. The Morgan fingerprint density at radius 2 is 2.31 bits per heavy atom. The van der Waals surface area contributed by atoms with Gasteiger partial charge in [-0.1, -0.05) is 23.7 Å². The number of para-hydroxylation sites is 1. The van der Waals surface area contributed by atoms with E-state index in [-0.39, 0.29) is 12.7 Å². The number of aryl methyl sites for hydroxylation is 1. The molecule has 1 aromatic carbocycles. The minimum atomic E-state index is -0.305. The molecule has 86 valence electrons. The first kappa shape index (κ1) is 12.8. The summed E-state index contributed by atoms with van der Waals surface area (Å²) in [5.74, 6) is 0.570. The van der Waals surface area contributed by atoms with E-state index in [0.29, 0.717) is 23.6 Å². The molecule has 0 radical (unpaired) electrons. The summed E-state index contributed by atoms with van der Waals surface area (Å²) in [5, 5.41) is 18.0. The van der Waals surface area contributed by atoms with E-state index in [9.17, 15) is 0 Å². The fourth-order valence-electron chi connectivity index (χ4n) is 1.31. The highest BCUT2D eigenvalue weighted by atomic mass is 35.5. The van der Waals surface area contributed by atoms with E-state index < -0.39 is 0 Å². The summed E-state index contributed by atoms with van der Waals surface area (Å²) >= 11 is 6.02. The molecule has 0 aliphatic rings. The summed E-state index contributed by atoms with van der Waals surface area (Å²) in [7, 11) is 0. The summed E-state index contributed by atoms with van der Waals surface area (Å²) in [5.41, 5.74) is 0.898. The van der Waals surface area contributed by atoms with Gasteiger partial charge in [-0.25, -0.2) is 0 Å². The first-order valence-corrected chi connectivity index (χ1v) is 5.48. The zero-order valence-electron chi connectivity index (χ0n) is 9.11. The topological polar surface area (TPSA) is 53.2 Å². The minimum absolute atomic E-state index is 0.0666. The summed E-state index contributed by atoms with van der Waals surface area (Å²) in [6.45, 7) is 1.69. The molecule has 0 fully saturated rings. The average Bonchev–Trinajstić information content (AvgIpc) is 2.29. The molecule has 0 saturated heterocycles. The molecule has 1 rings (SSSR count). The Morgan fingerprint density at radius 3 is 2.94 bits per heavy atom. The van der Waals surface area contributed by atoms with Gasteiger partial charge in [0, 0.05) is 6.42 Å². The number of rotatable bonds is 5. The van der Waals surface area contributed by atoms with E-state index in [2.05, 4.69) is 6.07 Å². The third kappa shape index (κ3) is 3.41. The van der Waals surface area contributed by atoms with Gasteiger partial charge in [0.25, 0.3) is 0 Å². The number of aliphatic hydroxyl groups is 1. The predicted octanol–water partition coefficient (Wildman–Crippen LogP) is 2.56. The van der Waals surface area contributed by atoms with Crippen molar-refractivity contribution in [3.8, 4) is 11.8 Å². The third-order valence-electron chi connectivity index (χ3n) is 2.13. The van der Waals surface area contributed by atoms with Gasteiger partial charge >= 0.3 is 0 Å². The van der Waals surface area contributed by atoms with E-state index in [1.807, 2.05) is 12.1 Å². The fourth-order valence-corrected chi connectivity index (χ4v) is 1.55. The molecule has 1 atom stereocenters. The highest BCUT2D eigenvalue weighted by Crippen LogP contribution is 2.30. The van der Waals surface area contributed by atoms with Gasteiger partial charge in [0.2, 0.25) is 0 Å². The highest BCUT2D eigenvalue weighted by Gasteiger charge is 2.11. The van der Waals surface area contributed by atoms with Gasteiger partial charge in [-0.05, 0) is 25.0 Å². The van der Waals surface area contributed by atoms with Crippen LogP contribution in [0.3, 0.4) is 0 Å². The fraction of sp³-hybridized carbons (Fsp3) is 0.417. The van der Waals surface area contributed by atoms with Gasteiger partial charge in [0.15, 0.2) is 0 Å². The van der Waals surface area contributed by atoms with Crippen LogP contribution in [-0.2, 0) is 6.42 Å². The summed E-state index contributed by atoms with van der Waals surface area (Å²) in [4.78, 5) is 0. The zero-order chi connectivity index (χ0) is 12.0. The van der Waals surface area contributed by atoms with Crippen molar-refractivity contribution in [2.24, 2.45) is 0 Å². The molecule has 0 heterocycles. The SMILES string of the molecule is C[C@H](CO)Oc1c(Cl)cccc1CCC#N. The van der Waals surface area contributed by atoms with Gasteiger partial charge in [-0.2, -0.15) is 5.26 Å². The van der Waals surface area contributed by atoms with Crippen molar-refractivity contribution in [2.75, 3.05) is 6.61 Å². The van der Waals surface area contributed by atoms with Crippen molar-refractivity contribution < 1.29 is 9.84 Å². The van der Waals surface area contributed by atoms with E-state index in [1.54, 1.807) is 13.0 Å². The first-order valence-electron chi connectivity index (χ1n) is 5.11. The van der Waals surface area contributed by atoms with E-state index >= 15 is 0 Å². The molecule has 4 heteroatoms. The Hall–Kier alpha value is -1.24. The molecular formula is C12H14ClNO2. The van der Waals surface area contributed by atoms with Crippen LogP contribution in [0.2, 0.25) is 5.02 Å². The molecular weight excluding hydrogens is 226 g/mol. The zero-order valence-corrected chi connectivity index (χ0v) is 9.87. The molecule has 0 bridgehead atoms. The molecule has 0 spiro atoms. The highest BCUT2D eigenvalue weighted by molar-refractivity contribution is 6.32. The Morgan fingerprint density at radius 1 is 1.56 bits per heavy atom. The first-order chi connectivity index (χ1) is 7.69. The Kier molecular flexibility index (Phi) is 5.10. The summed E-state index contributed by atoms with van der Waals surface area (Å²) in [6.07, 6.45) is 0.718. The molecule has 0 saturated carbocycles. The maximum Gasteiger partial charge on any atom is 0.141 e. The van der Waals surface area contributed by atoms with Crippen molar-refractivity contribution in [1.29, 1.82) is 5.26 Å². The summed E-state index contributed by atoms with van der Waals surface area (Å²) < 4.78 is 5.53. The Labute approximate surface area is 100 Å². The minimum Gasteiger partial charge on any atom is -0.486 e. The number of ether oxygens (including phenoxy) is 1. The summed E-state index contributed by atoms with van der Waals surface area (Å²) in [6, 6.07) is 7.52. The number of nitriles is 1. The third-order valence-corrected chi connectivity index (χ3v) is 2.43. The second kappa shape index (κ2) is 6.37. The van der Waals surface area contributed by atoms with Crippen molar-refractivity contribution in [2.45, 2.75) is 25.9 Å². The van der Waals surface area contributed by atoms with Gasteiger partial charge in [0.1, 0.15) is 11.9 Å². The molecule has 1 aromatic rings. The monoisotopic (exact) mass is 239 g/mol. The van der Waals surface area contributed by atoms with Crippen molar-refractivity contribution in [3.05, 3.63) is 28.8 Å². The van der Waals surface area contributed by atoms with E-state index in [0.717, 1.165) is 5.56 Å². The second-order valence-electron chi connectivity index (χ2n) is 3.50. The van der Waals surface area contributed by atoms with Gasteiger partial charge in [0.05, 0.1) is 17.7 Å². The average molecular weight is 240 g/mol. The lowest BCUT2D eigenvalue weighted by Crippen LogP contribution is -2.17. The number of halogens is 1. The van der Waals surface area contributed by atoms with Crippen molar-refractivity contribution in [3.63, 3.8) is 0 Å². The largest absolute Gasteiger partial charge is 0.486 e. The van der Waals surface area contributed by atoms with Gasteiger partial charge < -0.3 is 9.84 Å². The Balaban J connectivity index is 2.90. The van der Waals surface area contributed by atoms with Crippen molar-refractivity contribution >= 4 is 11.6 Å². The molecule has 0 aliphatic heterocycles. The number of benzene rings is 1. The quantitative estimate of drug-likeness (QED) is 0.859. The lowest BCUT2D eigenvalue weighted by molar-refractivity contribution is 0.129. The smallest absolute Gasteiger partial charge is 0.141 e. The van der Waals surface area contributed by atoms with Crippen LogP contribution in [0.25, 0.3) is 0 Å². The molecule has 0 unspecified atom stereocenters. The van der Waals surface area contributed by atoms with Crippen LogP contribution < -0.4 is 4.74 Å². The van der Waals surface area contributed by atoms with Crippen LogP contribution in [0.15, 0.2) is 18.2 Å².